The SMILES string of the molecule is Nc1nc(NCC(C2CC2)C2CC2)c2ccsc2n1. The highest BCUT2D eigenvalue weighted by atomic mass is 32.1. The van der Waals surface area contributed by atoms with E-state index in [-0.39, 0.29) is 0 Å². The molecule has 4 rings (SSSR count). The molecule has 0 unspecified atom stereocenters. The molecule has 2 aliphatic carbocycles. The number of hydrogen-bond donors (Lipinski definition) is 2. The first kappa shape index (κ1) is 11.5. The normalized spacial score (nSPS) is 19.2. The van der Waals surface area contributed by atoms with Gasteiger partial charge in [-0.3, -0.25) is 0 Å². The summed E-state index contributed by atoms with van der Waals surface area (Å²) in [6.07, 6.45) is 5.68. The Labute approximate surface area is 116 Å². The zero-order valence-corrected chi connectivity index (χ0v) is 11.6. The average molecular weight is 274 g/mol. The molecule has 19 heavy (non-hydrogen) atoms. The minimum absolute atomic E-state index is 0.367. The van der Waals surface area contributed by atoms with Crippen molar-refractivity contribution in [1.82, 2.24) is 9.97 Å². The summed E-state index contributed by atoms with van der Waals surface area (Å²) in [5, 5.41) is 6.68. The predicted octanol–water partition coefficient (Wildman–Crippen LogP) is 3.12. The molecule has 0 saturated heterocycles. The second-order valence-electron chi connectivity index (χ2n) is 5.79. The molecule has 4 nitrogen and oxygen atoms in total. The van der Waals surface area contributed by atoms with Gasteiger partial charge in [0.2, 0.25) is 5.95 Å². The average Bonchev–Trinajstić information content (AvgIpc) is 3.30. The van der Waals surface area contributed by atoms with Crippen LogP contribution in [0.1, 0.15) is 25.7 Å². The molecule has 0 aromatic carbocycles. The van der Waals surface area contributed by atoms with Crippen LogP contribution in [0.4, 0.5) is 11.8 Å². The van der Waals surface area contributed by atoms with Gasteiger partial charge < -0.3 is 11.1 Å². The number of hydrogen-bond acceptors (Lipinski definition) is 5. The molecule has 0 amide bonds. The molecule has 100 valence electrons. The van der Waals surface area contributed by atoms with Crippen molar-refractivity contribution in [3.8, 4) is 0 Å². The molecule has 3 N–H and O–H groups in total. The van der Waals surface area contributed by atoms with Gasteiger partial charge in [-0.1, -0.05) is 0 Å². The number of fused-ring (bicyclic) bond motifs is 1. The highest BCUT2D eigenvalue weighted by molar-refractivity contribution is 7.16. The standard InChI is InChI=1S/C14H18N4S/c15-14-17-12(10-5-6-19-13(10)18-14)16-7-11(8-1-2-8)9-3-4-9/h5-6,8-9,11H,1-4,7H2,(H3,15,16,17,18). The third-order valence-corrected chi connectivity index (χ3v) is 5.11. The second-order valence-corrected chi connectivity index (χ2v) is 6.68. The van der Waals surface area contributed by atoms with Gasteiger partial charge in [0.15, 0.2) is 0 Å². The molecule has 5 heteroatoms. The van der Waals surface area contributed by atoms with Gasteiger partial charge in [0.05, 0.1) is 5.39 Å². The van der Waals surface area contributed by atoms with E-state index < -0.39 is 0 Å². The Balaban J connectivity index is 1.55. The first-order valence-electron chi connectivity index (χ1n) is 7.06. The number of thiophene rings is 1. The van der Waals surface area contributed by atoms with E-state index in [1.165, 1.54) is 25.7 Å². The summed E-state index contributed by atoms with van der Waals surface area (Å²) in [5.74, 6) is 4.03. The predicted molar refractivity (Wildman–Crippen MR) is 79.3 cm³/mol. The van der Waals surface area contributed by atoms with Gasteiger partial charge in [-0.25, -0.2) is 4.98 Å². The van der Waals surface area contributed by atoms with Crippen molar-refractivity contribution in [2.45, 2.75) is 25.7 Å². The van der Waals surface area contributed by atoms with Crippen LogP contribution in [0.2, 0.25) is 0 Å². The summed E-state index contributed by atoms with van der Waals surface area (Å²) in [5.41, 5.74) is 5.78. The fourth-order valence-corrected chi connectivity index (χ4v) is 3.76. The lowest BCUT2D eigenvalue weighted by Crippen LogP contribution is -2.19. The van der Waals surface area contributed by atoms with E-state index in [0.29, 0.717) is 5.95 Å². The number of rotatable bonds is 5. The van der Waals surface area contributed by atoms with Crippen molar-refractivity contribution in [1.29, 1.82) is 0 Å². The minimum atomic E-state index is 0.367. The summed E-state index contributed by atoms with van der Waals surface area (Å²) in [6.45, 7) is 1.04. The molecule has 0 spiro atoms. The van der Waals surface area contributed by atoms with E-state index in [1.807, 2.05) is 5.38 Å². The maximum absolute atomic E-state index is 5.78. The number of nitrogens with zero attached hydrogens (tertiary/aromatic N) is 2. The van der Waals surface area contributed by atoms with Crippen molar-refractivity contribution in [2.24, 2.45) is 17.8 Å². The lowest BCUT2D eigenvalue weighted by molar-refractivity contribution is 0.428. The molecule has 2 aliphatic rings. The Bertz CT molecular complexity index is 589. The Kier molecular flexibility index (Phi) is 2.62. The van der Waals surface area contributed by atoms with Gasteiger partial charge >= 0.3 is 0 Å². The highest BCUT2D eigenvalue weighted by Crippen LogP contribution is 2.49. The molecule has 0 radical (unpaired) electrons. The van der Waals surface area contributed by atoms with Crippen LogP contribution < -0.4 is 11.1 Å². The van der Waals surface area contributed by atoms with Crippen LogP contribution in [-0.4, -0.2) is 16.5 Å². The lowest BCUT2D eigenvalue weighted by atomic mass is 9.98. The van der Waals surface area contributed by atoms with Crippen LogP contribution in [0.15, 0.2) is 11.4 Å². The molecule has 0 aliphatic heterocycles. The topological polar surface area (TPSA) is 63.8 Å². The van der Waals surface area contributed by atoms with Crippen LogP contribution in [-0.2, 0) is 0 Å². The van der Waals surface area contributed by atoms with E-state index in [2.05, 4.69) is 21.4 Å². The Morgan fingerprint density at radius 1 is 1.26 bits per heavy atom. The monoisotopic (exact) mass is 274 g/mol. The van der Waals surface area contributed by atoms with Gasteiger partial charge in [0.25, 0.3) is 0 Å². The van der Waals surface area contributed by atoms with Gasteiger partial charge in [-0.2, -0.15) is 4.98 Å². The summed E-state index contributed by atoms with van der Waals surface area (Å²) >= 11 is 1.62. The Morgan fingerprint density at radius 3 is 2.68 bits per heavy atom. The smallest absolute Gasteiger partial charge is 0.223 e. The molecule has 2 saturated carbocycles. The van der Waals surface area contributed by atoms with E-state index in [0.717, 1.165) is 40.3 Å². The lowest BCUT2D eigenvalue weighted by Gasteiger charge is -2.17. The van der Waals surface area contributed by atoms with Gasteiger partial charge in [0, 0.05) is 6.54 Å². The number of aromatic nitrogens is 2. The Morgan fingerprint density at radius 2 is 2.00 bits per heavy atom. The van der Waals surface area contributed by atoms with Crippen LogP contribution >= 0.6 is 11.3 Å². The van der Waals surface area contributed by atoms with Gasteiger partial charge in [-0.05, 0) is 54.9 Å². The van der Waals surface area contributed by atoms with Gasteiger partial charge in [0.1, 0.15) is 10.6 Å². The highest BCUT2D eigenvalue weighted by Gasteiger charge is 2.41. The molecule has 2 fully saturated rings. The van der Waals surface area contributed by atoms with Crippen molar-refractivity contribution in [3.05, 3.63) is 11.4 Å². The number of anilines is 2. The van der Waals surface area contributed by atoms with Crippen LogP contribution in [0.3, 0.4) is 0 Å². The van der Waals surface area contributed by atoms with E-state index in [9.17, 15) is 0 Å². The molecule has 2 aromatic heterocycles. The quantitative estimate of drug-likeness (QED) is 0.879. The summed E-state index contributed by atoms with van der Waals surface area (Å²) in [7, 11) is 0. The minimum Gasteiger partial charge on any atom is -0.369 e. The maximum Gasteiger partial charge on any atom is 0.223 e. The summed E-state index contributed by atoms with van der Waals surface area (Å²) in [4.78, 5) is 9.61. The van der Waals surface area contributed by atoms with Gasteiger partial charge in [-0.15, -0.1) is 11.3 Å². The van der Waals surface area contributed by atoms with E-state index in [1.54, 1.807) is 11.3 Å². The largest absolute Gasteiger partial charge is 0.369 e. The third kappa shape index (κ3) is 2.27. The zero-order chi connectivity index (χ0) is 12.8. The Hall–Kier alpha value is -1.36. The fraction of sp³-hybridized carbons (Fsp3) is 0.571. The summed E-state index contributed by atoms with van der Waals surface area (Å²) in [6, 6.07) is 2.07. The third-order valence-electron chi connectivity index (χ3n) is 4.30. The number of nitrogen functional groups attached to an aromatic ring is 1. The zero-order valence-electron chi connectivity index (χ0n) is 10.8. The number of nitrogens with two attached hydrogens (primary N) is 1. The molecular weight excluding hydrogens is 256 g/mol. The van der Waals surface area contributed by atoms with Crippen LogP contribution in [0.5, 0.6) is 0 Å². The molecule has 0 bridgehead atoms. The van der Waals surface area contributed by atoms with Crippen molar-refractivity contribution >= 4 is 33.3 Å². The molecule has 2 aromatic rings. The van der Waals surface area contributed by atoms with Crippen LogP contribution in [0.25, 0.3) is 10.2 Å². The first-order chi connectivity index (χ1) is 9.31. The van der Waals surface area contributed by atoms with E-state index in [4.69, 9.17) is 5.73 Å². The molecule has 0 atom stereocenters. The van der Waals surface area contributed by atoms with Crippen molar-refractivity contribution in [2.75, 3.05) is 17.6 Å². The first-order valence-corrected chi connectivity index (χ1v) is 7.94. The van der Waals surface area contributed by atoms with Crippen molar-refractivity contribution in [3.63, 3.8) is 0 Å². The maximum atomic E-state index is 5.78. The van der Waals surface area contributed by atoms with Crippen molar-refractivity contribution < 1.29 is 0 Å². The fourth-order valence-electron chi connectivity index (χ4n) is 2.99. The van der Waals surface area contributed by atoms with E-state index >= 15 is 0 Å². The number of nitrogens with one attached hydrogen (secondary N) is 1. The molecular formula is C14H18N4S. The summed E-state index contributed by atoms with van der Waals surface area (Å²) < 4.78 is 0. The second kappa shape index (κ2) is 4.34. The molecule has 2 heterocycles. The van der Waals surface area contributed by atoms with Crippen LogP contribution in [0, 0.1) is 17.8 Å².